The quantitative estimate of drug-likeness (QED) is 0.145. The van der Waals surface area contributed by atoms with Crippen LogP contribution >= 0.6 is 0 Å². The van der Waals surface area contributed by atoms with E-state index < -0.39 is 60.9 Å². The predicted molar refractivity (Wildman–Crippen MR) is 126 cm³/mol. The molecule has 3 aromatic heterocycles. The molecule has 0 aliphatic carbocycles. The van der Waals surface area contributed by atoms with Gasteiger partial charge in [0.25, 0.3) is 11.8 Å². The summed E-state index contributed by atoms with van der Waals surface area (Å²) >= 11 is 0. The van der Waals surface area contributed by atoms with Crippen LogP contribution in [0.5, 0.6) is 0 Å². The first-order valence-corrected chi connectivity index (χ1v) is 11.7. The third-order valence-corrected chi connectivity index (χ3v) is 6.14. The molecule has 0 radical (unpaired) electrons. The third kappa shape index (κ3) is 5.22. The highest BCUT2D eigenvalue weighted by atomic mass is 16.6. The van der Waals surface area contributed by atoms with Gasteiger partial charge in [-0.05, 0) is 6.07 Å². The van der Waals surface area contributed by atoms with Crippen molar-refractivity contribution in [1.29, 1.82) is 0 Å². The summed E-state index contributed by atoms with van der Waals surface area (Å²) in [5, 5.41) is 29.3. The lowest BCUT2D eigenvalue weighted by atomic mass is 10.1. The Morgan fingerprint density at radius 1 is 1.16 bits per heavy atom. The number of pyridine rings is 1. The molecule has 15 heteroatoms. The lowest BCUT2D eigenvalue weighted by Gasteiger charge is -2.11. The van der Waals surface area contributed by atoms with Gasteiger partial charge in [0, 0.05) is 26.6 Å². The predicted octanol–water partition coefficient (Wildman–Crippen LogP) is -2.88. The maximum Gasteiger partial charge on any atom is 0.344 e. The van der Waals surface area contributed by atoms with Crippen LogP contribution in [0.25, 0.3) is 11.2 Å². The summed E-state index contributed by atoms with van der Waals surface area (Å²) in [4.78, 5) is 53.8. The smallest absolute Gasteiger partial charge is 0.344 e. The molecule has 1 fully saturated rings. The van der Waals surface area contributed by atoms with E-state index in [0.29, 0.717) is 0 Å². The van der Waals surface area contributed by atoms with Gasteiger partial charge in [0.15, 0.2) is 29.7 Å². The molecule has 204 valence electrons. The average Bonchev–Trinajstić information content (AvgIpc) is 3.44. The molecule has 2 unspecified atom stereocenters. The SMILES string of the molecule is Cn1cnc2c1c(=O)n(CC(=O)OCCCOC(=O)c1ccc[n+](C3OC(CO)[C@@H](O)[C@H]3O)c1)c(=O)n2C. The molecule has 0 spiro atoms. The molecule has 0 saturated carbocycles. The fraction of sp³-hybridized carbons (Fsp3) is 0.478. The minimum absolute atomic E-state index is 0.0858. The summed E-state index contributed by atoms with van der Waals surface area (Å²) in [6.45, 7) is -1.27. The molecule has 38 heavy (non-hydrogen) atoms. The molecule has 3 aromatic rings. The standard InChI is InChI=1S/C23H28N5O10/c1-25-12-24-19-16(25)20(33)28(23(35)26(19)2)10-15(30)36-7-4-8-37-22(34)13-5-3-6-27(9-13)21-18(32)17(31)14(11-29)38-21/h3,5-6,9,12,14,17-18,21,29,31-32H,4,7-8,10-11H2,1-2H3/q+1/t14?,17-,18-,21?/m1/s1. The van der Waals surface area contributed by atoms with E-state index in [9.17, 15) is 34.5 Å². The lowest BCUT2D eigenvalue weighted by molar-refractivity contribution is -0.765. The first kappa shape index (κ1) is 27.1. The van der Waals surface area contributed by atoms with Crippen LogP contribution in [0.2, 0.25) is 0 Å². The fourth-order valence-corrected chi connectivity index (χ4v) is 4.10. The van der Waals surface area contributed by atoms with Crippen molar-refractivity contribution in [3.05, 3.63) is 57.3 Å². The van der Waals surface area contributed by atoms with Gasteiger partial charge in [-0.1, -0.05) is 0 Å². The zero-order valence-corrected chi connectivity index (χ0v) is 20.7. The van der Waals surface area contributed by atoms with Crippen molar-refractivity contribution in [2.45, 2.75) is 37.5 Å². The molecular weight excluding hydrogens is 506 g/mol. The van der Waals surface area contributed by atoms with E-state index in [-0.39, 0.29) is 36.4 Å². The molecule has 3 N–H and O–H groups in total. The van der Waals surface area contributed by atoms with E-state index in [1.165, 1.54) is 51.6 Å². The second kappa shape index (κ2) is 11.2. The number of aliphatic hydroxyl groups excluding tert-OH is 3. The Labute approximate surface area is 214 Å². The summed E-state index contributed by atoms with van der Waals surface area (Å²) in [7, 11) is 3.04. The topological polar surface area (TPSA) is 188 Å². The number of carbonyl (C=O) groups is 2. The van der Waals surface area contributed by atoms with E-state index >= 15 is 0 Å². The summed E-state index contributed by atoms with van der Waals surface area (Å²) in [6, 6.07) is 3.01. The number of hydrogen-bond acceptors (Lipinski definition) is 11. The minimum Gasteiger partial charge on any atom is -0.464 e. The number of aromatic nitrogens is 5. The number of hydrogen-bond donors (Lipinski definition) is 3. The van der Waals surface area contributed by atoms with Crippen LogP contribution in [-0.4, -0.2) is 84.1 Å². The van der Waals surface area contributed by atoms with Crippen LogP contribution in [0.15, 0.2) is 40.4 Å². The van der Waals surface area contributed by atoms with Crippen molar-refractivity contribution in [3.63, 3.8) is 0 Å². The van der Waals surface area contributed by atoms with Crippen molar-refractivity contribution in [2.24, 2.45) is 14.1 Å². The zero-order chi connectivity index (χ0) is 27.6. The molecule has 0 bridgehead atoms. The Balaban J connectivity index is 1.27. The molecule has 4 heterocycles. The summed E-state index contributed by atoms with van der Waals surface area (Å²) < 4.78 is 20.5. The van der Waals surface area contributed by atoms with Gasteiger partial charge in [-0.2, -0.15) is 4.57 Å². The molecule has 0 aromatic carbocycles. The van der Waals surface area contributed by atoms with E-state index in [2.05, 4.69) is 4.98 Å². The minimum atomic E-state index is -1.31. The molecule has 1 aliphatic rings. The van der Waals surface area contributed by atoms with Crippen molar-refractivity contribution in [3.8, 4) is 0 Å². The number of fused-ring (bicyclic) bond motifs is 1. The number of rotatable bonds is 9. The summed E-state index contributed by atoms with van der Waals surface area (Å²) in [5.41, 5.74) is -0.845. The van der Waals surface area contributed by atoms with Gasteiger partial charge in [0.2, 0.25) is 0 Å². The molecule has 4 atom stereocenters. The number of imidazole rings is 1. The number of aliphatic hydroxyl groups is 3. The normalized spacial score (nSPS) is 21.1. The number of ether oxygens (including phenoxy) is 3. The van der Waals surface area contributed by atoms with Gasteiger partial charge in [-0.25, -0.2) is 19.1 Å². The summed E-state index contributed by atoms with van der Waals surface area (Å²) in [5.74, 6) is -1.49. The van der Waals surface area contributed by atoms with E-state index in [1.807, 2.05) is 0 Å². The zero-order valence-electron chi connectivity index (χ0n) is 20.7. The maximum atomic E-state index is 12.7. The van der Waals surface area contributed by atoms with Crippen LogP contribution in [-0.2, 0) is 39.6 Å². The second-order valence-corrected chi connectivity index (χ2v) is 8.74. The fourth-order valence-electron chi connectivity index (χ4n) is 4.10. The largest absolute Gasteiger partial charge is 0.464 e. The first-order valence-electron chi connectivity index (χ1n) is 11.7. The molecular formula is C23H28N5O10+. The van der Waals surface area contributed by atoms with E-state index in [0.717, 1.165) is 4.57 Å². The Bertz CT molecular complexity index is 1460. The molecule has 15 nitrogen and oxygen atoms in total. The van der Waals surface area contributed by atoms with Crippen molar-refractivity contribution in [1.82, 2.24) is 18.7 Å². The highest BCUT2D eigenvalue weighted by Gasteiger charge is 2.48. The Kier molecular flexibility index (Phi) is 8.01. The molecule has 1 aliphatic heterocycles. The molecule has 1 saturated heterocycles. The van der Waals surface area contributed by atoms with Crippen LogP contribution < -0.4 is 15.8 Å². The van der Waals surface area contributed by atoms with Crippen LogP contribution in [0.1, 0.15) is 23.0 Å². The lowest BCUT2D eigenvalue weighted by Crippen LogP contribution is -2.46. The van der Waals surface area contributed by atoms with Gasteiger partial charge in [0.05, 0.1) is 26.1 Å². The number of nitrogens with zero attached hydrogens (tertiary/aromatic N) is 5. The second-order valence-electron chi connectivity index (χ2n) is 8.74. The Morgan fingerprint density at radius 3 is 2.61 bits per heavy atom. The number of esters is 2. The molecule has 0 amide bonds. The highest BCUT2D eigenvalue weighted by Crippen LogP contribution is 2.25. The van der Waals surface area contributed by atoms with E-state index in [4.69, 9.17) is 14.2 Å². The number of carbonyl (C=O) groups excluding carboxylic acids is 2. The van der Waals surface area contributed by atoms with Crippen molar-refractivity contribution >= 4 is 23.1 Å². The Morgan fingerprint density at radius 2 is 1.89 bits per heavy atom. The van der Waals surface area contributed by atoms with E-state index in [1.54, 1.807) is 7.05 Å². The van der Waals surface area contributed by atoms with Crippen LogP contribution in [0.3, 0.4) is 0 Å². The number of aryl methyl sites for hydroxylation is 2. The van der Waals surface area contributed by atoms with Gasteiger partial charge >= 0.3 is 17.6 Å². The average molecular weight is 535 g/mol. The van der Waals surface area contributed by atoms with Crippen molar-refractivity contribution in [2.75, 3.05) is 19.8 Å². The summed E-state index contributed by atoms with van der Waals surface area (Å²) in [6.07, 6.45) is -0.0880. The monoisotopic (exact) mass is 534 g/mol. The first-order chi connectivity index (χ1) is 18.1. The van der Waals surface area contributed by atoms with Crippen LogP contribution in [0, 0.1) is 0 Å². The van der Waals surface area contributed by atoms with Gasteiger partial charge in [-0.3, -0.25) is 14.2 Å². The van der Waals surface area contributed by atoms with Gasteiger partial charge < -0.3 is 34.1 Å². The Hall–Kier alpha value is -3.92. The van der Waals surface area contributed by atoms with Crippen molar-refractivity contribution < 1.29 is 43.7 Å². The van der Waals surface area contributed by atoms with Gasteiger partial charge in [-0.15, -0.1) is 0 Å². The maximum absolute atomic E-state index is 12.7. The highest BCUT2D eigenvalue weighted by molar-refractivity contribution is 5.88. The van der Waals surface area contributed by atoms with Gasteiger partial charge in [0.1, 0.15) is 24.3 Å². The van der Waals surface area contributed by atoms with Crippen LogP contribution in [0.4, 0.5) is 0 Å². The third-order valence-electron chi connectivity index (χ3n) is 6.14. The molecule has 4 rings (SSSR count).